The van der Waals surface area contributed by atoms with Crippen LogP contribution >= 0.6 is 0 Å². The predicted octanol–water partition coefficient (Wildman–Crippen LogP) is 1.34. The summed E-state index contributed by atoms with van der Waals surface area (Å²) >= 11 is 0. The van der Waals surface area contributed by atoms with Crippen molar-refractivity contribution in [2.24, 2.45) is 0 Å². The first-order valence-electron chi connectivity index (χ1n) is 6.80. The van der Waals surface area contributed by atoms with Crippen LogP contribution in [0.4, 0.5) is 0 Å². The summed E-state index contributed by atoms with van der Waals surface area (Å²) < 4.78 is 3.59. The maximum atomic E-state index is 11.9. The Morgan fingerprint density at radius 3 is 2.60 bits per heavy atom. The molecular formula is C14H21N5O. The molecule has 0 spiro atoms. The fourth-order valence-electron chi connectivity index (χ4n) is 2.12. The van der Waals surface area contributed by atoms with Crippen molar-refractivity contribution in [1.82, 2.24) is 24.9 Å². The second-order valence-electron chi connectivity index (χ2n) is 4.96. The number of aromatic nitrogens is 4. The maximum Gasteiger partial charge on any atom is 0.242 e. The minimum Gasteiger partial charge on any atom is -0.350 e. The van der Waals surface area contributed by atoms with Gasteiger partial charge in [0.1, 0.15) is 6.54 Å². The van der Waals surface area contributed by atoms with Crippen LogP contribution in [0.2, 0.25) is 0 Å². The van der Waals surface area contributed by atoms with Crippen LogP contribution in [0.5, 0.6) is 0 Å². The van der Waals surface area contributed by atoms with Crippen molar-refractivity contribution < 1.29 is 4.79 Å². The van der Waals surface area contributed by atoms with Gasteiger partial charge in [0, 0.05) is 30.5 Å². The van der Waals surface area contributed by atoms with Crippen LogP contribution in [0.25, 0.3) is 0 Å². The van der Waals surface area contributed by atoms with Gasteiger partial charge in [-0.25, -0.2) is 0 Å². The quantitative estimate of drug-likeness (QED) is 0.895. The van der Waals surface area contributed by atoms with E-state index in [9.17, 15) is 4.79 Å². The molecule has 0 aliphatic carbocycles. The van der Waals surface area contributed by atoms with Gasteiger partial charge < -0.3 is 5.32 Å². The van der Waals surface area contributed by atoms with E-state index in [1.54, 1.807) is 4.68 Å². The molecule has 2 rings (SSSR count). The molecule has 0 aliphatic rings. The average molecular weight is 275 g/mol. The van der Waals surface area contributed by atoms with Crippen molar-refractivity contribution in [3.8, 4) is 0 Å². The molecule has 2 aromatic heterocycles. The highest BCUT2D eigenvalue weighted by Crippen LogP contribution is 2.05. The molecule has 0 aliphatic heterocycles. The van der Waals surface area contributed by atoms with E-state index in [-0.39, 0.29) is 12.5 Å². The van der Waals surface area contributed by atoms with Crippen LogP contribution in [-0.4, -0.2) is 25.5 Å². The predicted molar refractivity (Wildman–Crippen MR) is 76.2 cm³/mol. The van der Waals surface area contributed by atoms with Crippen molar-refractivity contribution in [2.45, 2.75) is 47.3 Å². The van der Waals surface area contributed by atoms with Crippen LogP contribution in [0.1, 0.15) is 29.6 Å². The summed E-state index contributed by atoms with van der Waals surface area (Å²) in [7, 11) is 0. The lowest BCUT2D eigenvalue weighted by molar-refractivity contribution is -0.122. The summed E-state index contributed by atoms with van der Waals surface area (Å²) in [6.45, 7) is 9.45. The molecule has 0 atom stereocenters. The Labute approximate surface area is 118 Å². The van der Waals surface area contributed by atoms with E-state index in [1.165, 1.54) is 0 Å². The number of hydrogen-bond acceptors (Lipinski definition) is 3. The Balaban J connectivity index is 1.92. The molecule has 0 radical (unpaired) electrons. The fourth-order valence-corrected chi connectivity index (χ4v) is 2.12. The Kier molecular flexibility index (Phi) is 4.22. The molecule has 2 aromatic rings. The van der Waals surface area contributed by atoms with Gasteiger partial charge in [-0.3, -0.25) is 14.2 Å². The van der Waals surface area contributed by atoms with Gasteiger partial charge in [0.2, 0.25) is 5.91 Å². The number of hydrogen-bond donors (Lipinski definition) is 1. The molecule has 20 heavy (non-hydrogen) atoms. The van der Waals surface area contributed by atoms with Gasteiger partial charge in [0.15, 0.2) is 0 Å². The van der Waals surface area contributed by atoms with Gasteiger partial charge in [-0.15, -0.1) is 0 Å². The highest BCUT2D eigenvalue weighted by Gasteiger charge is 2.09. The van der Waals surface area contributed by atoms with Gasteiger partial charge >= 0.3 is 0 Å². The minimum atomic E-state index is -0.0418. The molecule has 108 valence electrons. The van der Waals surface area contributed by atoms with E-state index in [4.69, 9.17) is 0 Å². The zero-order valence-corrected chi connectivity index (χ0v) is 12.5. The van der Waals surface area contributed by atoms with Crippen LogP contribution < -0.4 is 5.32 Å². The number of rotatable bonds is 5. The SMILES string of the molecule is CCn1cc(CNC(=O)Cn2nc(C)cc2C)c(C)n1. The first kappa shape index (κ1) is 14.3. The summed E-state index contributed by atoms with van der Waals surface area (Å²) in [6.07, 6.45) is 1.97. The van der Waals surface area contributed by atoms with Gasteiger partial charge in [-0.2, -0.15) is 10.2 Å². The molecule has 0 saturated carbocycles. The van der Waals surface area contributed by atoms with Gasteiger partial charge in [-0.05, 0) is 33.8 Å². The molecule has 6 nitrogen and oxygen atoms in total. The first-order chi connectivity index (χ1) is 9.49. The van der Waals surface area contributed by atoms with Crippen molar-refractivity contribution in [3.05, 3.63) is 34.9 Å². The average Bonchev–Trinajstić information content (AvgIpc) is 2.90. The molecule has 1 amide bonds. The van der Waals surface area contributed by atoms with E-state index >= 15 is 0 Å². The minimum absolute atomic E-state index is 0.0418. The molecular weight excluding hydrogens is 254 g/mol. The number of carbonyl (C=O) groups excluding carboxylic acids is 1. The summed E-state index contributed by atoms with van der Waals surface area (Å²) in [5, 5.41) is 11.5. The third-order valence-electron chi connectivity index (χ3n) is 3.24. The topological polar surface area (TPSA) is 64.7 Å². The van der Waals surface area contributed by atoms with Gasteiger partial charge in [0.05, 0.1) is 11.4 Å². The fraction of sp³-hybridized carbons (Fsp3) is 0.500. The lowest BCUT2D eigenvalue weighted by Gasteiger charge is -2.06. The van der Waals surface area contributed by atoms with Crippen LogP contribution in [0, 0.1) is 20.8 Å². The number of nitrogens with zero attached hydrogens (tertiary/aromatic N) is 4. The van der Waals surface area contributed by atoms with Crippen LogP contribution in [0.15, 0.2) is 12.3 Å². The highest BCUT2D eigenvalue weighted by molar-refractivity contribution is 5.75. The number of nitrogens with one attached hydrogen (secondary N) is 1. The van der Waals surface area contributed by atoms with E-state index in [1.807, 2.05) is 44.6 Å². The molecule has 2 heterocycles. The largest absolute Gasteiger partial charge is 0.350 e. The molecule has 6 heteroatoms. The smallest absolute Gasteiger partial charge is 0.242 e. The third kappa shape index (κ3) is 3.26. The molecule has 0 aromatic carbocycles. The maximum absolute atomic E-state index is 11.9. The third-order valence-corrected chi connectivity index (χ3v) is 3.24. The Hall–Kier alpha value is -2.11. The lowest BCUT2D eigenvalue weighted by Crippen LogP contribution is -2.28. The van der Waals surface area contributed by atoms with Crippen molar-refractivity contribution in [1.29, 1.82) is 0 Å². The van der Waals surface area contributed by atoms with Crippen molar-refractivity contribution >= 4 is 5.91 Å². The Bertz CT molecular complexity index is 611. The van der Waals surface area contributed by atoms with Gasteiger partial charge in [-0.1, -0.05) is 0 Å². The van der Waals surface area contributed by atoms with Crippen LogP contribution in [0.3, 0.4) is 0 Å². The van der Waals surface area contributed by atoms with Crippen molar-refractivity contribution in [3.63, 3.8) is 0 Å². The Morgan fingerprint density at radius 2 is 2.05 bits per heavy atom. The summed E-state index contributed by atoms with van der Waals surface area (Å²) in [5.74, 6) is -0.0418. The van der Waals surface area contributed by atoms with E-state index in [0.717, 1.165) is 29.2 Å². The molecule has 0 fully saturated rings. The zero-order chi connectivity index (χ0) is 14.7. The first-order valence-corrected chi connectivity index (χ1v) is 6.80. The lowest BCUT2D eigenvalue weighted by atomic mass is 10.2. The monoisotopic (exact) mass is 275 g/mol. The summed E-state index contributed by atoms with van der Waals surface area (Å²) in [6, 6.07) is 1.96. The zero-order valence-electron chi connectivity index (χ0n) is 12.5. The second-order valence-corrected chi connectivity index (χ2v) is 4.96. The Morgan fingerprint density at radius 1 is 1.30 bits per heavy atom. The number of carbonyl (C=O) groups is 1. The van der Waals surface area contributed by atoms with E-state index < -0.39 is 0 Å². The second kappa shape index (κ2) is 5.90. The molecule has 0 bridgehead atoms. The summed E-state index contributed by atoms with van der Waals surface area (Å²) in [5.41, 5.74) is 3.93. The highest BCUT2D eigenvalue weighted by atomic mass is 16.2. The standard InChI is InChI=1S/C14H21N5O/c1-5-18-8-13(12(4)17-18)7-15-14(20)9-19-11(3)6-10(2)16-19/h6,8H,5,7,9H2,1-4H3,(H,15,20). The summed E-state index contributed by atoms with van der Waals surface area (Å²) in [4.78, 5) is 11.9. The molecule has 0 saturated heterocycles. The molecule has 0 unspecified atom stereocenters. The van der Waals surface area contributed by atoms with E-state index in [2.05, 4.69) is 15.5 Å². The van der Waals surface area contributed by atoms with Gasteiger partial charge in [0.25, 0.3) is 0 Å². The normalized spacial score (nSPS) is 10.8. The molecule has 1 N–H and O–H groups in total. The van der Waals surface area contributed by atoms with Crippen LogP contribution in [-0.2, 0) is 24.4 Å². The number of aryl methyl sites for hydroxylation is 4. The van der Waals surface area contributed by atoms with Crippen molar-refractivity contribution in [2.75, 3.05) is 0 Å². The van der Waals surface area contributed by atoms with E-state index in [0.29, 0.717) is 6.54 Å². The number of amides is 1.